The maximum Gasteiger partial charge on any atom is 0.274 e. The first-order chi connectivity index (χ1) is 11.6. The van der Waals surface area contributed by atoms with Crippen molar-refractivity contribution in [2.45, 2.75) is 18.9 Å². The standard InChI is InChI=1S/C18H18N2O4/c1-24-14-8-6-12(7-9-14)15-10-16(15)18(21)19-11-13-4-2-3-5-17(13)20(22)23/h2-9,15-16H,10-11H2,1H3,(H,19,21)/t15-,16+/m1/s1. The van der Waals surface area contributed by atoms with Gasteiger partial charge in [0.15, 0.2) is 0 Å². The molecule has 1 fully saturated rings. The first-order valence-corrected chi connectivity index (χ1v) is 7.74. The van der Waals surface area contributed by atoms with E-state index in [-0.39, 0.29) is 30.0 Å². The Hall–Kier alpha value is -2.89. The largest absolute Gasteiger partial charge is 0.497 e. The number of benzene rings is 2. The summed E-state index contributed by atoms with van der Waals surface area (Å²) in [6.07, 6.45) is 0.801. The molecule has 0 aromatic heterocycles. The number of carbonyl (C=O) groups excluding carboxylic acids is 1. The Labute approximate surface area is 139 Å². The van der Waals surface area contributed by atoms with Gasteiger partial charge >= 0.3 is 0 Å². The zero-order chi connectivity index (χ0) is 17.1. The number of methoxy groups -OCH3 is 1. The Morgan fingerprint density at radius 2 is 1.96 bits per heavy atom. The summed E-state index contributed by atoms with van der Waals surface area (Å²) in [5.41, 5.74) is 1.65. The van der Waals surface area contributed by atoms with E-state index in [1.54, 1.807) is 25.3 Å². The molecule has 6 nitrogen and oxygen atoms in total. The first-order valence-electron chi connectivity index (χ1n) is 7.74. The molecular formula is C18H18N2O4. The highest BCUT2D eigenvalue weighted by atomic mass is 16.6. The highest BCUT2D eigenvalue weighted by Gasteiger charge is 2.43. The van der Waals surface area contributed by atoms with Crippen LogP contribution >= 0.6 is 0 Å². The summed E-state index contributed by atoms with van der Waals surface area (Å²) < 4.78 is 5.13. The molecule has 0 aliphatic heterocycles. The van der Waals surface area contributed by atoms with Gasteiger partial charge in [-0.15, -0.1) is 0 Å². The monoisotopic (exact) mass is 326 g/mol. The molecule has 2 aromatic carbocycles. The van der Waals surface area contributed by atoms with Gasteiger partial charge in [-0.2, -0.15) is 0 Å². The molecule has 24 heavy (non-hydrogen) atoms. The van der Waals surface area contributed by atoms with Gasteiger partial charge in [-0.05, 0) is 30.0 Å². The van der Waals surface area contributed by atoms with E-state index in [4.69, 9.17) is 4.74 Å². The maximum atomic E-state index is 12.3. The lowest BCUT2D eigenvalue weighted by molar-refractivity contribution is -0.385. The van der Waals surface area contributed by atoms with Crippen LogP contribution < -0.4 is 10.1 Å². The van der Waals surface area contributed by atoms with Crippen molar-refractivity contribution < 1.29 is 14.5 Å². The second-order valence-electron chi connectivity index (χ2n) is 5.83. The molecule has 0 radical (unpaired) electrons. The van der Waals surface area contributed by atoms with Crippen LogP contribution in [0.25, 0.3) is 0 Å². The number of amides is 1. The third-order valence-corrected chi connectivity index (χ3v) is 4.31. The quantitative estimate of drug-likeness (QED) is 0.653. The Balaban J connectivity index is 1.58. The van der Waals surface area contributed by atoms with Crippen molar-refractivity contribution in [2.24, 2.45) is 5.92 Å². The molecule has 6 heteroatoms. The van der Waals surface area contributed by atoms with Crippen LogP contribution in [0.3, 0.4) is 0 Å². The minimum absolute atomic E-state index is 0.0281. The predicted molar refractivity (Wildman–Crippen MR) is 88.8 cm³/mol. The second kappa shape index (κ2) is 6.70. The fourth-order valence-corrected chi connectivity index (χ4v) is 2.86. The molecule has 2 atom stereocenters. The fraction of sp³-hybridized carbons (Fsp3) is 0.278. The highest BCUT2D eigenvalue weighted by molar-refractivity contribution is 5.83. The number of hydrogen-bond acceptors (Lipinski definition) is 4. The van der Waals surface area contributed by atoms with Crippen molar-refractivity contribution in [3.8, 4) is 5.75 Å². The highest BCUT2D eigenvalue weighted by Crippen LogP contribution is 2.47. The second-order valence-corrected chi connectivity index (χ2v) is 5.83. The van der Waals surface area contributed by atoms with E-state index in [9.17, 15) is 14.9 Å². The van der Waals surface area contributed by atoms with Gasteiger partial charge in [0, 0.05) is 24.1 Å². The Morgan fingerprint density at radius 3 is 2.62 bits per heavy atom. The SMILES string of the molecule is COc1ccc([C@H]2C[C@@H]2C(=O)NCc2ccccc2[N+](=O)[O-])cc1. The number of hydrogen-bond donors (Lipinski definition) is 1. The lowest BCUT2D eigenvalue weighted by Gasteiger charge is -2.06. The summed E-state index contributed by atoms with van der Waals surface area (Å²) in [5.74, 6) is 0.869. The van der Waals surface area contributed by atoms with E-state index in [0.29, 0.717) is 5.56 Å². The smallest absolute Gasteiger partial charge is 0.274 e. The molecule has 0 bridgehead atoms. The van der Waals surface area contributed by atoms with Crippen molar-refractivity contribution in [1.29, 1.82) is 0 Å². The maximum absolute atomic E-state index is 12.3. The van der Waals surface area contributed by atoms with Crippen LogP contribution in [0.4, 0.5) is 5.69 Å². The molecule has 1 amide bonds. The minimum Gasteiger partial charge on any atom is -0.497 e. The van der Waals surface area contributed by atoms with E-state index in [1.807, 2.05) is 24.3 Å². The van der Waals surface area contributed by atoms with E-state index in [2.05, 4.69) is 5.32 Å². The molecule has 1 saturated carbocycles. The zero-order valence-electron chi connectivity index (χ0n) is 13.3. The summed E-state index contributed by atoms with van der Waals surface area (Å²) in [5, 5.41) is 13.8. The number of rotatable bonds is 6. The topological polar surface area (TPSA) is 81.5 Å². The van der Waals surface area contributed by atoms with E-state index >= 15 is 0 Å². The number of ether oxygens (including phenoxy) is 1. The lowest BCUT2D eigenvalue weighted by Crippen LogP contribution is -2.25. The van der Waals surface area contributed by atoms with E-state index in [1.165, 1.54) is 6.07 Å². The molecule has 2 aromatic rings. The summed E-state index contributed by atoms with van der Waals surface area (Å²) in [7, 11) is 1.62. The summed E-state index contributed by atoms with van der Waals surface area (Å²) in [6.45, 7) is 0.168. The fourth-order valence-electron chi connectivity index (χ4n) is 2.86. The Kier molecular flexibility index (Phi) is 4.46. The van der Waals surface area contributed by atoms with Crippen LogP contribution in [0.2, 0.25) is 0 Å². The number of nitrogens with one attached hydrogen (secondary N) is 1. The number of para-hydroxylation sites is 1. The van der Waals surface area contributed by atoms with Crippen molar-refractivity contribution >= 4 is 11.6 Å². The third-order valence-electron chi connectivity index (χ3n) is 4.31. The molecule has 0 heterocycles. The molecule has 1 aliphatic carbocycles. The average molecular weight is 326 g/mol. The van der Waals surface area contributed by atoms with Crippen LogP contribution in [-0.4, -0.2) is 17.9 Å². The van der Waals surface area contributed by atoms with Crippen LogP contribution in [0.5, 0.6) is 5.75 Å². The summed E-state index contributed by atoms with van der Waals surface area (Å²) in [4.78, 5) is 22.8. The number of nitro groups is 1. The predicted octanol–water partition coefficient (Wildman–Crippen LogP) is 3.02. The van der Waals surface area contributed by atoms with Crippen LogP contribution in [0.1, 0.15) is 23.5 Å². The molecular weight excluding hydrogens is 308 g/mol. The molecule has 3 rings (SSSR count). The van der Waals surface area contributed by atoms with E-state index < -0.39 is 4.92 Å². The molecule has 0 unspecified atom stereocenters. The minimum atomic E-state index is -0.432. The van der Waals surface area contributed by atoms with E-state index in [0.717, 1.165) is 17.7 Å². The van der Waals surface area contributed by atoms with Gasteiger partial charge < -0.3 is 10.1 Å². The van der Waals surface area contributed by atoms with Crippen LogP contribution in [0.15, 0.2) is 48.5 Å². The molecule has 0 saturated heterocycles. The number of nitro benzene ring substituents is 1. The van der Waals surface area contributed by atoms with Crippen molar-refractivity contribution in [1.82, 2.24) is 5.32 Å². The van der Waals surface area contributed by atoms with Gasteiger partial charge in [-0.25, -0.2) is 0 Å². The first kappa shape index (κ1) is 16.0. The van der Waals surface area contributed by atoms with Crippen molar-refractivity contribution in [3.63, 3.8) is 0 Å². The zero-order valence-corrected chi connectivity index (χ0v) is 13.3. The third kappa shape index (κ3) is 3.37. The van der Waals surface area contributed by atoms with Gasteiger partial charge in [0.25, 0.3) is 5.69 Å². The van der Waals surface area contributed by atoms with Gasteiger partial charge in [0.2, 0.25) is 5.91 Å². The lowest BCUT2D eigenvalue weighted by atomic mass is 10.1. The van der Waals surface area contributed by atoms with Gasteiger partial charge in [-0.3, -0.25) is 14.9 Å². The van der Waals surface area contributed by atoms with Crippen LogP contribution in [-0.2, 0) is 11.3 Å². The molecule has 124 valence electrons. The Morgan fingerprint density at radius 1 is 1.25 bits per heavy atom. The molecule has 1 aliphatic rings. The number of nitrogens with zero attached hydrogens (tertiary/aromatic N) is 1. The summed E-state index contributed by atoms with van der Waals surface area (Å²) in [6, 6.07) is 14.2. The normalized spacial score (nSPS) is 18.7. The van der Waals surface area contributed by atoms with Crippen molar-refractivity contribution in [2.75, 3.05) is 7.11 Å². The van der Waals surface area contributed by atoms with Gasteiger partial charge in [0.1, 0.15) is 5.75 Å². The molecule has 0 spiro atoms. The van der Waals surface area contributed by atoms with Gasteiger partial charge in [-0.1, -0.05) is 30.3 Å². The summed E-state index contributed by atoms with van der Waals surface area (Å²) >= 11 is 0. The Bertz CT molecular complexity index is 758. The number of carbonyl (C=O) groups is 1. The average Bonchev–Trinajstić information content (AvgIpc) is 3.40. The van der Waals surface area contributed by atoms with Crippen molar-refractivity contribution in [3.05, 3.63) is 69.8 Å². The molecule has 1 N–H and O–H groups in total. The van der Waals surface area contributed by atoms with Gasteiger partial charge in [0.05, 0.1) is 12.0 Å². The van der Waals surface area contributed by atoms with Crippen LogP contribution in [0, 0.1) is 16.0 Å².